The largest absolute Gasteiger partial charge is 0.378 e. The van der Waals surface area contributed by atoms with Gasteiger partial charge in [0.15, 0.2) is 0 Å². The van der Waals surface area contributed by atoms with E-state index in [0.717, 1.165) is 5.56 Å². The second-order valence-corrected chi connectivity index (χ2v) is 4.65. The molecule has 0 bridgehead atoms. The number of carbonyl (C=O) groups is 1. The number of nitrogen functional groups attached to an aromatic ring is 1. The van der Waals surface area contributed by atoms with Gasteiger partial charge in [0, 0.05) is 11.1 Å². The predicted octanol–water partition coefficient (Wildman–Crippen LogP) is 2.41. The fourth-order valence-electron chi connectivity index (χ4n) is 1.67. The van der Waals surface area contributed by atoms with Crippen molar-refractivity contribution in [1.82, 2.24) is 4.98 Å². The van der Waals surface area contributed by atoms with Gasteiger partial charge in [0.25, 0.3) is 0 Å². The molecule has 0 aliphatic heterocycles. The highest BCUT2D eigenvalue weighted by Crippen LogP contribution is 2.20. The van der Waals surface area contributed by atoms with Gasteiger partial charge in [0.05, 0.1) is 11.3 Å². The topological polar surface area (TPSA) is 111 Å². The molecule has 0 unspecified atom stereocenters. The number of pyridine rings is 1. The fourth-order valence-corrected chi connectivity index (χ4v) is 1.79. The van der Waals surface area contributed by atoms with Gasteiger partial charge in [-0.2, -0.15) is 0 Å². The SMILES string of the molecule is Nc1nc(NC(=O)Cc2ccc(Cl)cc2)ccc1[N+](=O)[O-]. The number of halogens is 1. The molecule has 1 heterocycles. The van der Waals surface area contributed by atoms with E-state index >= 15 is 0 Å². The molecule has 8 heteroatoms. The van der Waals surface area contributed by atoms with Gasteiger partial charge in [-0.25, -0.2) is 4.98 Å². The first-order valence-corrected chi connectivity index (χ1v) is 6.28. The number of aromatic nitrogens is 1. The number of nitrogens with two attached hydrogens (primary N) is 1. The van der Waals surface area contributed by atoms with Crippen LogP contribution in [-0.2, 0) is 11.2 Å². The Bertz CT molecular complexity index is 688. The van der Waals surface area contributed by atoms with Crippen molar-refractivity contribution in [3.63, 3.8) is 0 Å². The number of hydrogen-bond acceptors (Lipinski definition) is 5. The van der Waals surface area contributed by atoms with Crippen molar-refractivity contribution in [2.75, 3.05) is 11.1 Å². The lowest BCUT2D eigenvalue weighted by Gasteiger charge is -2.05. The van der Waals surface area contributed by atoms with Gasteiger partial charge >= 0.3 is 5.69 Å². The number of nitro groups is 1. The minimum absolute atomic E-state index is 0.135. The monoisotopic (exact) mass is 306 g/mol. The van der Waals surface area contributed by atoms with Gasteiger partial charge in [0.1, 0.15) is 5.82 Å². The number of amides is 1. The zero-order valence-corrected chi connectivity index (χ0v) is 11.5. The Morgan fingerprint density at radius 1 is 1.29 bits per heavy atom. The van der Waals surface area contributed by atoms with E-state index < -0.39 is 4.92 Å². The molecular weight excluding hydrogens is 296 g/mol. The Hall–Kier alpha value is -2.67. The minimum atomic E-state index is -0.637. The molecule has 2 aromatic rings. The molecule has 3 N–H and O–H groups in total. The predicted molar refractivity (Wildman–Crippen MR) is 79.1 cm³/mol. The zero-order valence-electron chi connectivity index (χ0n) is 10.7. The summed E-state index contributed by atoms with van der Waals surface area (Å²) in [4.78, 5) is 25.6. The van der Waals surface area contributed by atoms with E-state index in [-0.39, 0.29) is 29.7 Å². The van der Waals surface area contributed by atoms with E-state index in [1.807, 2.05) is 0 Å². The van der Waals surface area contributed by atoms with Crippen molar-refractivity contribution in [2.24, 2.45) is 0 Å². The molecule has 0 saturated heterocycles. The summed E-state index contributed by atoms with van der Waals surface area (Å²) in [6.45, 7) is 0. The highest BCUT2D eigenvalue weighted by molar-refractivity contribution is 6.30. The van der Waals surface area contributed by atoms with Crippen molar-refractivity contribution in [3.05, 3.63) is 57.1 Å². The van der Waals surface area contributed by atoms with Gasteiger partial charge < -0.3 is 11.1 Å². The van der Waals surface area contributed by atoms with E-state index in [1.165, 1.54) is 12.1 Å². The summed E-state index contributed by atoms with van der Waals surface area (Å²) in [5, 5.41) is 13.7. The van der Waals surface area contributed by atoms with Gasteiger partial charge in [-0.1, -0.05) is 23.7 Å². The molecule has 1 aromatic heterocycles. The number of rotatable bonds is 4. The summed E-state index contributed by atoms with van der Waals surface area (Å²) in [5.41, 5.74) is 5.93. The maximum Gasteiger partial charge on any atom is 0.311 e. The lowest BCUT2D eigenvalue weighted by atomic mass is 10.1. The number of nitrogens with zero attached hydrogens (tertiary/aromatic N) is 2. The Morgan fingerprint density at radius 3 is 2.52 bits per heavy atom. The molecule has 108 valence electrons. The molecule has 0 aliphatic rings. The van der Waals surface area contributed by atoms with Crippen LogP contribution < -0.4 is 11.1 Å². The van der Waals surface area contributed by atoms with Gasteiger partial charge in [-0.3, -0.25) is 14.9 Å². The standard InChI is InChI=1S/C13H11ClN4O3/c14-9-3-1-8(2-4-9)7-12(19)16-11-6-5-10(18(20)21)13(15)17-11/h1-6H,7H2,(H3,15,16,17,19). The van der Waals surface area contributed by atoms with Crippen LogP contribution in [0, 0.1) is 10.1 Å². The molecule has 0 spiro atoms. The van der Waals surface area contributed by atoms with Gasteiger partial charge in [-0.15, -0.1) is 0 Å². The maximum atomic E-state index is 11.8. The first-order chi connectivity index (χ1) is 9.95. The Kier molecular flexibility index (Phi) is 4.34. The number of carbonyl (C=O) groups excluding carboxylic acids is 1. The molecule has 0 atom stereocenters. The van der Waals surface area contributed by atoms with E-state index in [9.17, 15) is 14.9 Å². The Balaban J connectivity index is 2.04. The summed E-state index contributed by atoms with van der Waals surface area (Å²) in [7, 11) is 0. The van der Waals surface area contributed by atoms with Crippen LogP contribution in [0.25, 0.3) is 0 Å². The zero-order chi connectivity index (χ0) is 15.4. The Labute approximate surface area is 124 Å². The average Bonchev–Trinajstić information content (AvgIpc) is 2.41. The van der Waals surface area contributed by atoms with E-state index in [2.05, 4.69) is 10.3 Å². The second-order valence-electron chi connectivity index (χ2n) is 4.21. The van der Waals surface area contributed by atoms with Crippen molar-refractivity contribution in [1.29, 1.82) is 0 Å². The number of anilines is 2. The van der Waals surface area contributed by atoms with Crippen LogP contribution in [0.1, 0.15) is 5.56 Å². The third-order valence-corrected chi connectivity index (χ3v) is 2.90. The molecule has 7 nitrogen and oxygen atoms in total. The lowest BCUT2D eigenvalue weighted by molar-refractivity contribution is -0.384. The maximum absolute atomic E-state index is 11.8. The number of hydrogen-bond donors (Lipinski definition) is 2. The first kappa shape index (κ1) is 14.7. The number of benzene rings is 1. The van der Waals surface area contributed by atoms with Crippen LogP contribution in [0.15, 0.2) is 36.4 Å². The van der Waals surface area contributed by atoms with E-state index in [0.29, 0.717) is 5.02 Å². The highest BCUT2D eigenvalue weighted by Gasteiger charge is 2.14. The summed E-state index contributed by atoms with van der Waals surface area (Å²) in [5.74, 6) is -0.389. The van der Waals surface area contributed by atoms with E-state index in [4.69, 9.17) is 17.3 Å². The fraction of sp³-hybridized carbons (Fsp3) is 0.0769. The minimum Gasteiger partial charge on any atom is -0.378 e. The normalized spacial score (nSPS) is 10.1. The third-order valence-electron chi connectivity index (χ3n) is 2.64. The molecule has 21 heavy (non-hydrogen) atoms. The van der Waals surface area contributed by atoms with Crippen molar-refractivity contribution in [3.8, 4) is 0 Å². The average molecular weight is 307 g/mol. The first-order valence-electron chi connectivity index (χ1n) is 5.91. The van der Waals surface area contributed by atoms with E-state index in [1.54, 1.807) is 24.3 Å². The summed E-state index contributed by atoms with van der Waals surface area (Å²) < 4.78 is 0. The summed E-state index contributed by atoms with van der Waals surface area (Å²) >= 11 is 5.76. The second kappa shape index (κ2) is 6.19. The molecular formula is C13H11ClN4O3. The van der Waals surface area contributed by atoms with Crippen LogP contribution in [-0.4, -0.2) is 15.8 Å². The van der Waals surface area contributed by atoms with Crippen LogP contribution in [0.4, 0.5) is 17.3 Å². The molecule has 0 saturated carbocycles. The van der Waals surface area contributed by atoms with Crippen molar-refractivity contribution >= 4 is 34.8 Å². The van der Waals surface area contributed by atoms with Crippen LogP contribution in [0.5, 0.6) is 0 Å². The van der Waals surface area contributed by atoms with Gasteiger partial charge in [-0.05, 0) is 23.8 Å². The Morgan fingerprint density at radius 2 is 1.95 bits per heavy atom. The molecule has 0 fully saturated rings. The van der Waals surface area contributed by atoms with Crippen LogP contribution >= 0.6 is 11.6 Å². The molecule has 1 amide bonds. The summed E-state index contributed by atoms with van der Waals surface area (Å²) in [6, 6.07) is 9.37. The molecule has 0 radical (unpaired) electrons. The molecule has 0 aliphatic carbocycles. The highest BCUT2D eigenvalue weighted by atomic mass is 35.5. The van der Waals surface area contributed by atoms with Crippen molar-refractivity contribution in [2.45, 2.75) is 6.42 Å². The smallest absolute Gasteiger partial charge is 0.311 e. The summed E-state index contributed by atoms with van der Waals surface area (Å²) in [6.07, 6.45) is 0.135. The quantitative estimate of drug-likeness (QED) is 0.665. The number of nitrogens with one attached hydrogen (secondary N) is 1. The van der Waals surface area contributed by atoms with Crippen molar-refractivity contribution < 1.29 is 9.72 Å². The van der Waals surface area contributed by atoms with Crippen LogP contribution in [0.2, 0.25) is 5.02 Å². The lowest BCUT2D eigenvalue weighted by Crippen LogP contribution is -2.15. The third kappa shape index (κ3) is 3.90. The molecule has 2 rings (SSSR count). The van der Waals surface area contributed by atoms with Gasteiger partial charge in [0.2, 0.25) is 11.7 Å². The van der Waals surface area contributed by atoms with Crippen LogP contribution in [0.3, 0.4) is 0 Å². The molecule has 1 aromatic carbocycles.